The van der Waals surface area contributed by atoms with Crippen molar-refractivity contribution >= 4 is 0 Å². The molecule has 0 aliphatic carbocycles. The fraction of sp³-hybridized carbons (Fsp3) is 0.429. The lowest BCUT2D eigenvalue weighted by Crippen LogP contribution is -2.03. The maximum absolute atomic E-state index is 8.80. The molecule has 58 valence electrons. The predicted molar refractivity (Wildman–Crippen MR) is 38.5 cm³/mol. The first-order chi connectivity index (χ1) is 4.68. The number of ether oxygens (including phenoxy) is 1. The molecule has 10 heavy (non-hydrogen) atoms. The third kappa shape index (κ3) is 3.97. The van der Waals surface area contributed by atoms with Crippen LogP contribution in [0.4, 0.5) is 0 Å². The lowest BCUT2D eigenvalue weighted by molar-refractivity contribution is 0.152. The van der Waals surface area contributed by atoms with E-state index in [4.69, 9.17) is 14.9 Å². The van der Waals surface area contributed by atoms with E-state index >= 15 is 0 Å². The van der Waals surface area contributed by atoms with Gasteiger partial charge in [-0.1, -0.05) is 12.7 Å². The Morgan fingerprint density at radius 2 is 2.40 bits per heavy atom. The highest BCUT2D eigenvalue weighted by Crippen LogP contribution is 1.95. The standard InChI is InChI=1S/C7H12O3/c1-3-4-10-5-7(9)6(2)8/h3,5-6,8-9H,1,4H2,2H3/b7-5-. The fourth-order valence-corrected chi connectivity index (χ4v) is 0.300. The molecule has 1 atom stereocenters. The minimum atomic E-state index is -0.871. The van der Waals surface area contributed by atoms with Crippen LogP contribution >= 0.6 is 0 Å². The molecule has 0 fully saturated rings. The Bertz CT molecular complexity index is 127. The van der Waals surface area contributed by atoms with Crippen LogP contribution in [0, 0.1) is 0 Å². The highest BCUT2D eigenvalue weighted by atomic mass is 16.5. The Morgan fingerprint density at radius 3 is 2.80 bits per heavy atom. The van der Waals surface area contributed by atoms with Crippen LogP contribution in [0.1, 0.15) is 6.92 Å². The van der Waals surface area contributed by atoms with Crippen molar-refractivity contribution < 1.29 is 14.9 Å². The summed E-state index contributed by atoms with van der Waals surface area (Å²) in [5, 5.41) is 17.5. The van der Waals surface area contributed by atoms with Gasteiger partial charge in [-0.15, -0.1) is 0 Å². The van der Waals surface area contributed by atoms with Gasteiger partial charge in [-0.2, -0.15) is 0 Å². The van der Waals surface area contributed by atoms with Gasteiger partial charge in [-0.05, 0) is 6.92 Å². The second kappa shape index (κ2) is 4.88. The topological polar surface area (TPSA) is 49.7 Å². The molecule has 0 radical (unpaired) electrons. The minimum absolute atomic E-state index is 0.179. The smallest absolute Gasteiger partial charge is 0.155 e. The first-order valence-electron chi connectivity index (χ1n) is 2.98. The lowest BCUT2D eigenvalue weighted by Gasteiger charge is -2.01. The molecule has 0 heterocycles. The molecule has 0 aromatic carbocycles. The molecule has 0 aliphatic rings. The van der Waals surface area contributed by atoms with E-state index in [0.717, 1.165) is 6.26 Å². The second-order valence-corrected chi connectivity index (χ2v) is 1.84. The number of rotatable bonds is 4. The average Bonchev–Trinajstić information content (AvgIpc) is 1.88. The van der Waals surface area contributed by atoms with Crippen LogP contribution < -0.4 is 0 Å². The van der Waals surface area contributed by atoms with E-state index in [0.29, 0.717) is 6.61 Å². The molecule has 0 bridgehead atoms. The summed E-state index contributed by atoms with van der Waals surface area (Å²) in [5.41, 5.74) is 0. The van der Waals surface area contributed by atoms with Gasteiger partial charge >= 0.3 is 0 Å². The molecule has 0 aliphatic heterocycles. The van der Waals surface area contributed by atoms with Crippen LogP contribution in [0.5, 0.6) is 0 Å². The third-order valence-electron chi connectivity index (χ3n) is 0.846. The maximum Gasteiger partial charge on any atom is 0.155 e. The Kier molecular flexibility index (Phi) is 4.41. The molecule has 2 N–H and O–H groups in total. The summed E-state index contributed by atoms with van der Waals surface area (Å²) in [6.07, 6.45) is 1.78. The number of hydrogen-bond acceptors (Lipinski definition) is 3. The predicted octanol–water partition coefficient (Wildman–Crippen LogP) is 0.969. The summed E-state index contributed by atoms with van der Waals surface area (Å²) in [6, 6.07) is 0. The van der Waals surface area contributed by atoms with Crippen LogP contribution in [0.15, 0.2) is 24.7 Å². The molecular weight excluding hydrogens is 132 g/mol. The molecule has 0 aromatic rings. The van der Waals surface area contributed by atoms with E-state index in [1.807, 2.05) is 0 Å². The molecule has 0 amide bonds. The van der Waals surface area contributed by atoms with E-state index in [2.05, 4.69) is 6.58 Å². The molecule has 0 aromatic heterocycles. The molecule has 0 rings (SSSR count). The van der Waals surface area contributed by atoms with E-state index in [1.54, 1.807) is 6.08 Å². The zero-order chi connectivity index (χ0) is 7.98. The second-order valence-electron chi connectivity index (χ2n) is 1.84. The van der Waals surface area contributed by atoms with Gasteiger partial charge in [0, 0.05) is 0 Å². The normalized spacial score (nSPS) is 14.4. The Hall–Kier alpha value is -0.960. The van der Waals surface area contributed by atoms with Crippen molar-refractivity contribution in [2.24, 2.45) is 0 Å². The maximum atomic E-state index is 8.80. The van der Waals surface area contributed by atoms with Crippen molar-refractivity contribution in [2.75, 3.05) is 6.61 Å². The van der Waals surface area contributed by atoms with E-state index in [9.17, 15) is 0 Å². The summed E-state index contributed by atoms with van der Waals surface area (Å²) < 4.78 is 4.72. The van der Waals surface area contributed by atoms with Crippen molar-refractivity contribution in [3.8, 4) is 0 Å². The van der Waals surface area contributed by atoms with Crippen LogP contribution in [0.25, 0.3) is 0 Å². The highest BCUT2D eigenvalue weighted by Gasteiger charge is 1.99. The van der Waals surface area contributed by atoms with Crippen LogP contribution in [-0.2, 0) is 4.74 Å². The van der Waals surface area contributed by atoms with Crippen molar-refractivity contribution in [3.63, 3.8) is 0 Å². The van der Waals surface area contributed by atoms with Gasteiger partial charge in [0.1, 0.15) is 19.0 Å². The monoisotopic (exact) mass is 144 g/mol. The molecule has 0 saturated carbocycles. The summed E-state index contributed by atoms with van der Waals surface area (Å²) in [5.74, 6) is -0.179. The lowest BCUT2D eigenvalue weighted by atomic mass is 10.4. The molecule has 1 unspecified atom stereocenters. The van der Waals surface area contributed by atoms with E-state index in [-0.39, 0.29) is 5.76 Å². The summed E-state index contributed by atoms with van der Waals surface area (Å²) in [6.45, 7) is 5.18. The quantitative estimate of drug-likeness (QED) is 0.351. The first kappa shape index (κ1) is 9.04. The van der Waals surface area contributed by atoms with Crippen LogP contribution in [0.3, 0.4) is 0 Å². The molecule has 3 nitrogen and oxygen atoms in total. The summed E-state index contributed by atoms with van der Waals surface area (Å²) in [7, 11) is 0. The Balaban J connectivity index is 3.57. The minimum Gasteiger partial charge on any atom is -0.507 e. The van der Waals surface area contributed by atoms with E-state index < -0.39 is 6.10 Å². The van der Waals surface area contributed by atoms with E-state index in [1.165, 1.54) is 6.92 Å². The van der Waals surface area contributed by atoms with Gasteiger partial charge in [-0.3, -0.25) is 0 Å². The van der Waals surface area contributed by atoms with Crippen molar-refractivity contribution in [1.29, 1.82) is 0 Å². The molecule has 3 heteroatoms. The van der Waals surface area contributed by atoms with Crippen molar-refractivity contribution in [2.45, 2.75) is 13.0 Å². The zero-order valence-corrected chi connectivity index (χ0v) is 5.95. The van der Waals surface area contributed by atoms with Crippen LogP contribution in [-0.4, -0.2) is 22.9 Å². The van der Waals surface area contributed by atoms with Gasteiger partial charge in [0.2, 0.25) is 0 Å². The SMILES string of the molecule is C=CCO/C=C(\O)C(C)O. The average molecular weight is 144 g/mol. The molecule has 0 saturated heterocycles. The largest absolute Gasteiger partial charge is 0.507 e. The first-order valence-corrected chi connectivity index (χ1v) is 2.98. The number of aliphatic hydroxyl groups excluding tert-OH is 2. The summed E-state index contributed by atoms with van der Waals surface area (Å²) >= 11 is 0. The van der Waals surface area contributed by atoms with Gasteiger partial charge in [0.15, 0.2) is 5.76 Å². The number of aliphatic hydroxyl groups is 2. The Labute approximate surface area is 60.3 Å². The zero-order valence-electron chi connectivity index (χ0n) is 5.95. The third-order valence-corrected chi connectivity index (χ3v) is 0.846. The molecule has 0 spiro atoms. The van der Waals surface area contributed by atoms with Crippen molar-refractivity contribution in [1.82, 2.24) is 0 Å². The Morgan fingerprint density at radius 1 is 1.80 bits per heavy atom. The van der Waals surface area contributed by atoms with Crippen LogP contribution in [0.2, 0.25) is 0 Å². The number of hydrogen-bond donors (Lipinski definition) is 2. The highest BCUT2D eigenvalue weighted by molar-refractivity contribution is 4.90. The fourth-order valence-electron chi connectivity index (χ4n) is 0.300. The van der Waals surface area contributed by atoms with Crippen molar-refractivity contribution in [3.05, 3.63) is 24.7 Å². The van der Waals surface area contributed by atoms with Gasteiger partial charge in [-0.25, -0.2) is 0 Å². The van der Waals surface area contributed by atoms with Gasteiger partial charge in [0.05, 0.1) is 0 Å². The molecular formula is C7H12O3. The van der Waals surface area contributed by atoms with Gasteiger partial charge < -0.3 is 14.9 Å². The summed E-state index contributed by atoms with van der Waals surface area (Å²) in [4.78, 5) is 0. The van der Waals surface area contributed by atoms with Gasteiger partial charge in [0.25, 0.3) is 0 Å².